The number of ether oxygens (including phenoxy) is 2. The third kappa shape index (κ3) is 10.6. The maximum atomic E-state index is 12.7. The predicted octanol–water partition coefficient (Wildman–Crippen LogP) is 7.51. The van der Waals surface area contributed by atoms with Gasteiger partial charge in [0.2, 0.25) is 0 Å². The van der Waals surface area contributed by atoms with Gasteiger partial charge in [0.1, 0.15) is 11.5 Å². The fourth-order valence-electron chi connectivity index (χ4n) is 3.70. The average Bonchev–Trinajstić information content (AvgIpc) is 2.81. The van der Waals surface area contributed by atoms with Crippen molar-refractivity contribution in [3.05, 3.63) is 60.7 Å². The maximum Gasteiger partial charge on any atom is 0.325 e. The van der Waals surface area contributed by atoms with Crippen molar-refractivity contribution >= 4 is 11.9 Å². The molecular weight excluding hydrogens is 400 g/mol. The molecule has 0 aromatic heterocycles. The molecule has 32 heavy (non-hydrogen) atoms. The zero-order valence-corrected chi connectivity index (χ0v) is 19.5. The molecule has 0 heterocycles. The highest BCUT2D eigenvalue weighted by Gasteiger charge is 2.30. The van der Waals surface area contributed by atoms with Crippen LogP contribution in [-0.2, 0) is 9.59 Å². The molecule has 0 aliphatic heterocycles. The van der Waals surface area contributed by atoms with Crippen molar-refractivity contribution in [2.75, 3.05) is 0 Å². The third-order valence-electron chi connectivity index (χ3n) is 5.59. The predicted molar refractivity (Wildman–Crippen MR) is 129 cm³/mol. The van der Waals surface area contributed by atoms with Gasteiger partial charge in [-0.2, -0.15) is 0 Å². The van der Waals surface area contributed by atoms with Crippen molar-refractivity contribution in [3.63, 3.8) is 0 Å². The van der Waals surface area contributed by atoms with Crippen molar-refractivity contribution in [3.8, 4) is 11.5 Å². The Labute approximate surface area is 193 Å². The molecule has 0 saturated heterocycles. The first kappa shape index (κ1) is 25.6. The Morgan fingerprint density at radius 3 is 1.38 bits per heavy atom. The Bertz CT molecular complexity index is 704. The molecule has 0 atom stereocenters. The highest BCUT2D eigenvalue weighted by molar-refractivity contribution is 5.96. The second-order valence-electron chi connectivity index (χ2n) is 8.35. The number of benzene rings is 2. The minimum atomic E-state index is -0.922. The zero-order valence-electron chi connectivity index (χ0n) is 19.5. The highest BCUT2D eigenvalue weighted by Crippen LogP contribution is 2.20. The summed E-state index contributed by atoms with van der Waals surface area (Å²) in [7, 11) is 0. The lowest BCUT2D eigenvalue weighted by Crippen LogP contribution is -2.31. The van der Waals surface area contributed by atoms with Crippen LogP contribution in [0.2, 0.25) is 0 Å². The number of hydrogen-bond acceptors (Lipinski definition) is 4. The molecule has 2 rings (SSSR count). The number of carbonyl (C=O) groups excluding carboxylic acids is 2. The molecule has 0 radical (unpaired) electrons. The van der Waals surface area contributed by atoms with Gasteiger partial charge < -0.3 is 9.47 Å². The van der Waals surface area contributed by atoms with E-state index in [1.807, 2.05) is 12.1 Å². The van der Waals surface area contributed by atoms with E-state index >= 15 is 0 Å². The summed E-state index contributed by atoms with van der Waals surface area (Å²) in [5.41, 5.74) is 0. The lowest BCUT2D eigenvalue weighted by molar-refractivity contribution is -0.151. The summed E-state index contributed by atoms with van der Waals surface area (Å²) in [5.74, 6) is -1.15. The van der Waals surface area contributed by atoms with Gasteiger partial charge in [0, 0.05) is 0 Å². The van der Waals surface area contributed by atoms with E-state index in [4.69, 9.17) is 9.47 Å². The molecule has 2 aromatic rings. The van der Waals surface area contributed by atoms with E-state index in [1.54, 1.807) is 48.5 Å². The number of esters is 2. The van der Waals surface area contributed by atoms with Gasteiger partial charge >= 0.3 is 11.9 Å². The van der Waals surface area contributed by atoms with E-state index in [0.717, 1.165) is 19.3 Å². The van der Waals surface area contributed by atoms with Crippen LogP contribution in [-0.4, -0.2) is 11.9 Å². The molecule has 2 aromatic carbocycles. The molecule has 0 aliphatic carbocycles. The fraction of sp³-hybridized carbons (Fsp3) is 0.500. The van der Waals surface area contributed by atoms with Crippen LogP contribution in [0.15, 0.2) is 60.7 Å². The van der Waals surface area contributed by atoms with Crippen LogP contribution >= 0.6 is 0 Å². The van der Waals surface area contributed by atoms with Gasteiger partial charge in [-0.25, -0.2) is 0 Å². The molecule has 4 nitrogen and oxygen atoms in total. The van der Waals surface area contributed by atoms with E-state index in [2.05, 4.69) is 6.92 Å². The van der Waals surface area contributed by atoms with E-state index in [9.17, 15) is 9.59 Å². The molecule has 0 amide bonds. The van der Waals surface area contributed by atoms with Crippen molar-refractivity contribution in [1.29, 1.82) is 0 Å². The number of rotatable bonds is 16. The normalized spacial score (nSPS) is 10.8. The van der Waals surface area contributed by atoms with Gasteiger partial charge in [-0.05, 0) is 30.7 Å². The summed E-state index contributed by atoms with van der Waals surface area (Å²) in [6.45, 7) is 2.24. The summed E-state index contributed by atoms with van der Waals surface area (Å²) >= 11 is 0. The molecule has 0 unspecified atom stereocenters. The van der Waals surface area contributed by atoms with Gasteiger partial charge in [-0.3, -0.25) is 9.59 Å². The Hall–Kier alpha value is -2.62. The lowest BCUT2D eigenvalue weighted by atomic mass is 9.99. The smallest absolute Gasteiger partial charge is 0.325 e. The largest absolute Gasteiger partial charge is 0.426 e. The molecular formula is C28H38O4. The standard InChI is InChI=1S/C28H38O4/c1-2-3-4-5-6-7-8-9-10-11-18-23-26(27(29)31-24-19-14-12-15-20-24)28(30)32-25-21-16-13-17-22-25/h12-17,19-22,26H,2-11,18,23H2,1H3. The summed E-state index contributed by atoms with van der Waals surface area (Å²) < 4.78 is 10.9. The Kier molecular flexibility index (Phi) is 12.9. The summed E-state index contributed by atoms with van der Waals surface area (Å²) in [6.07, 6.45) is 13.8. The van der Waals surface area contributed by atoms with Gasteiger partial charge in [0.25, 0.3) is 0 Å². The van der Waals surface area contributed by atoms with E-state index in [1.165, 1.54) is 51.4 Å². The molecule has 0 N–H and O–H groups in total. The molecule has 174 valence electrons. The lowest BCUT2D eigenvalue weighted by Gasteiger charge is -2.15. The highest BCUT2D eigenvalue weighted by atomic mass is 16.6. The first-order valence-corrected chi connectivity index (χ1v) is 12.2. The van der Waals surface area contributed by atoms with Crippen LogP contribution in [0.3, 0.4) is 0 Å². The minimum Gasteiger partial charge on any atom is -0.426 e. The Balaban J connectivity index is 1.76. The average molecular weight is 439 g/mol. The summed E-state index contributed by atoms with van der Waals surface area (Å²) in [5, 5.41) is 0. The fourth-order valence-corrected chi connectivity index (χ4v) is 3.70. The minimum absolute atomic E-state index is 0.439. The quantitative estimate of drug-likeness (QED) is 0.118. The number of hydrogen-bond donors (Lipinski definition) is 0. The molecule has 0 aliphatic rings. The molecule has 4 heteroatoms. The number of carbonyl (C=O) groups is 2. The van der Waals surface area contributed by atoms with Gasteiger partial charge in [-0.1, -0.05) is 114 Å². The van der Waals surface area contributed by atoms with Crippen LogP contribution in [0.5, 0.6) is 11.5 Å². The van der Waals surface area contributed by atoms with Crippen LogP contribution in [0.25, 0.3) is 0 Å². The van der Waals surface area contributed by atoms with Gasteiger partial charge in [0.05, 0.1) is 0 Å². The van der Waals surface area contributed by atoms with Gasteiger partial charge in [-0.15, -0.1) is 0 Å². The van der Waals surface area contributed by atoms with Crippen molar-refractivity contribution < 1.29 is 19.1 Å². The van der Waals surface area contributed by atoms with E-state index < -0.39 is 17.9 Å². The van der Waals surface area contributed by atoms with E-state index in [0.29, 0.717) is 17.9 Å². The van der Waals surface area contributed by atoms with Crippen LogP contribution < -0.4 is 9.47 Å². The van der Waals surface area contributed by atoms with Crippen LogP contribution in [0.1, 0.15) is 84.0 Å². The second-order valence-corrected chi connectivity index (χ2v) is 8.35. The first-order valence-electron chi connectivity index (χ1n) is 12.2. The number of unbranched alkanes of at least 4 members (excludes halogenated alkanes) is 10. The van der Waals surface area contributed by atoms with Crippen molar-refractivity contribution in [2.24, 2.45) is 5.92 Å². The van der Waals surface area contributed by atoms with Crippen LogP contribution in [0.4, 0.5) is 0 Å². The van der Waals surface area contributed by atoms with Crippen molar-refractivity contribution in [1.82, 2.24) is 0 Å². The van der Waals surface area contributed by atoms with Crippen LogP contribution in [0, 0.1) is 5.92 Å². The summed E-state index contributed by atoms with van der Waals surface area (Å²) in [6, 6.07) is 17.7. The molecule has 0 bridgehead atoms. The van der Waals surface area contributed by atoms with Crippen molar-refractivity contribution in [2.45, 2.75) is 84.0 Å². The van der Waals surface area contributed by atoms with Gasteiger partial charge in [0.15, 0.2) is 5.92 Å². The Morgan fingerprint density at radius 2 is 0.969 bits per heavy atom. The molecule has 0 saturated carbocycles. The maximum absolute atomic E-state index is 12.7. The topological polar surface area (TPSA) is 52.6 Å². The Morgan fingerprint density at radius 1 is 0.594 bits per heavy atom. The zero-order chi connectivity index (χ0) is 22.9. The second kappa shape index (κ2) is 16.1. The van der Waals surface area contributed by atoms with E-state index in [-0.39, 0.29) is 0 Å². The summed E-state index contributed by atoms with van der Waals surface area (Å²) in [4.78, 5) is 25.5. The SMILES string of the molecule is CCCCCCCCCCCCCC(C(=O)Oc1ccccc1)C(=O)Oc1ccccc1. The first-order chi connectivity index (χ1) is 15.7. The number of para-hydroxylation sites is 2. The molecule has 0 spiro atoms. The monoisotopic (exact) mass is 438 g/mol. The third-order valence-corrected chi connectivity index (χ3v) is 5.59. The molecule has 0 fully saturated rings.